The summed E-state index contributed by atoms with van der Waals surface area (Å²) in [4.78, 5) is 0. The van der Waals surface area contributed by atoms with E-state index in [9.17, 15) is 0 Å². The van der Waals surface area contributed by atoms with Gasteiger partial charge in [0.05, 0.1) is 12.2 Å². The van der Waals surface area contributed by atoms with Crippen molar-refractivity contribution in [2.24, 2.45) is 11.8 Å². The molecule has 4 nitrogen and oxygen atoms in total. The summed E-state index contributed by atoms with van der Waals surface area (Å²) < 4.78 is 12.0. The molecule has 1 saturated carbocycles. The number of ether oxygens (including phenoxy) is 2. The first-order valence-corrected chi connectivity index (χ1v) is 7.65. The van der Waals surface area contributed by atoms with Gasteiger partial charge in [0.1, 0.15) is 11.8 Å². The lowest BCUT2D eigenvalue weighted by molar-refractivity contribution is -0.102. The molecule has 1 aliphatic heterocycles. The topological polar surface area (TPSA) is 56.5 Å². The van der Waals surface area contributed by atoms with E-state index >= 15 is 0 Å². The van der Waals surface area contributed by atoms with Crippen LogP contribution in [0.3, 0.4) is 0 Å². The van der Waals surface area contributed by atoms with Gasteiger partial charge in [0.15, 0.2) is 0 Å². The molecule has 4 heteroatoms. The van der Waals surface area contributed by atoms with Crippen molar-refractivity contribution in [2.45, 2.75) is 64.0 Å². The molecule has 0 bridgehead atoms. The summed E-state index contributed by atoms with van der Waals surface area (Å²) in [7, 11) is 0. The van der Waals surface area contributed by atoms with E-state index in [1.165, 1.54) is 12.8 Å². The molecule has 3 unspecified atom stereocenters. The van der Waals surface area contributed by atoms with Gasteiger partial charge in [-0.25, -0.2) is 5.43 Å². The number of hydrogen-bond acceptors (Lipinski definition) is 4. The Morgan fingerprint density at radius 3 is 3.00 bits per heavy atom. The predicted molar refractivity (Wildman–Crippen MR) is 76.4 cm³/mol. The van der Waals surface area contributed by atoms with Gasteiger partial charge < -0.3 is 9.47 Å². The molecule has 0 aromatic carbocycles. The van der Waals surface area contributed by atoms with Crippen LogP contribution in [0.4, 0.5) is 0 Å². The van der Waals surface area contributed by atoms with Gasteiger partial charge in [-0.3, -0.25) is 5.84 Å². The Kier molecular flexibility index (Phi) is 5.25. The quantitative estimate of drug-likeness (QED) is 0.594. The van der Waals surface area contributed by atoms with Crippen molar-refractivity contribution in [1.29, 1.82) is 0 Å². The molecular formula is C15H28N2O2. The van der Waals surface area contributed by atoms with Crippen LogP contribution >= 0.6 is 0 Å². The van der Waals surface area contributed by atoms with E-state index in [0.29, 0.717) is 5.92 Å². The summed E-state index contributed by atoms with van der Waals surface area (Å²) >= 11 is 0. The monoisotopic (exact) mass is 268 g/mol. The third-order valence-corrected chi connectivity index (χ3v) is 4.36. The zero-order chi connectivity index (χ0) is 13.7. The molecule has 1 heterocycles. The Balaban J connectivity index is 2.21. The predicted octanol–water partition coefficient (Wildman–Crippen LogP) is 2.50. The van der Waals surface area contributed by atoms with Crippen LogP contribution < -0.4 is 11.3 Å². The summed E-state index contributed by atoms with van der Waals surface area (Å²) in [6, 6.07) is -0.0181. The van der Waals surface area contributed by atoms with Gasteiger partial charge in [-0.05, 0) is 44.6 Å². The molecule has 3 atom stereocenters. The van der Waals surface area contributed by atoms with Crippen molar-refractivity contribution in [3.63, 3.8) is 0 Å². The first-order chi connectivity index (χ1) is 9.22. The lowest BCUT2D eigenvalue weighted by Gasteiger charge is -2.45. The molecule has 19 heavy (non-hydrogen) atoms. The average Bonchev–Trinajstić information content (AvgIpc) is 2.41. The van der Waals surface area contributed by atoms with E-state index < -0.39 is 0 Å². The Bertz CT molecular complexity index is 315. The molecule has 3 N–H and O–H groups in total. The van der Waals surface area contributed by atoms with Crippen LogP contribution in [0.25, 0.3) is 0 Å². The van der Waals surface area contributed by atoms with Gasteiger partial charge in [0.2, 0.25) is 0 Å². The van der Waals surface area contributed by atoms with Crippen molar-refractivity contribution in [2.75, 3.05) is 13.2 Å². The molecule has 2 aliphatic rings. The molecule has 1 fully saturated rings. The first-order valence-electron chi connectivity index (χ1n) is 7.65. The highest BCUT2D eigenvalue weighted by Crippen LogP contribution is 2.40. The molecule has 0 radical (unpaired) electrons. The van der Waals surface area contributed by atoms with E-state index in [2.05, 4.69) is 25.3 Å². The highest BCUT2D eigenvalue weighted by atomic mass is 16.5. The summed E-state index contributed by atoms with van der Waals surface area (Å²) in [5.74, 6) is 7.51. The number of hydrazine groups is 1. The minimum absolute atomic E-state index is 0.0181. The first kappa shape index (κ1) is 14.8. The van der Waals surface area contributed by atoms with Gasteiger partial charge in [-0.1, -0.05) is 19.8 Å². The Hall–Kier alpha value is -0.580. The Labute approximate surface area is 116 Å². The maximum absolute atomic E-state index is 6.18. The van der Waals surface area contributed by atoms with Crippen molar-refractivity contribution in [1.82, 2.24) is 5.43 Å². The van der Waals surface area contributed by atoms with Crippen LogP contribution in [0.1, 0.15) is 52.4 Å². The van der Waals surface area contributed by atoms with Gasteiger partial charge in [-0.15, -0.1) is 0 Å². The van der Waals surface area contributed by atoms with Crippen molar-refractivity contribution in [3.8, 4) is 0 Å². The maximum Gasteiger partial charge on any atom is 0.113 e. The second-order valence-electron chi connectivity index (χ2n) is 5.90. The number of nitrogens with two attached hydrogens (primary N) is 1. The molecule has 0 saturated heterocycles. The fourth-order valence-corrected chi connectivity index (χ4v) is 3.58. The van der Waals surface area contributed by atoms with Crippen LogP contribution in [-0.4, -0.2) is 24.9 Å². The molecule has 0 amide bonds. The minimum atomic E-state index is -0.204. The van der Waals surface area contributed by atoms with Gasteiger partial charge >= 0.3 is 0 Å². The van der Waals surface area contributed by atoms with E-state index in [-0.39, 0.29) is 11.6 Å². The molecule has 0 aromatic rings. The van der Waals surface area contributed by atoms with Crippen LogP contribution in [0.2, 0.25) is 0 Å². The van der Waals surface area contributed by atoms with Gasteiger partial charge in [-0.2, -0.15) is 0 Å². The van der Waals surface area contributed by atoms with Crippen molar-refractivity contribution >= 4 is 0 Å². The molecule has 110 valence electrons. The summed E-state index contributed by atoms with van der Waals surface area (Å²) in [6.07, 6.45) is 8.94. The Morgan fingerprint density at radius 1 is 1.58 bits per heavy atom. The normalized spacial score (nSPS) is 33.4. The number of rotatable bonds is 5. The summed E-state index contributed by atoms with van der Waals surface area (Å²) in [5.41, 5.74) is 2.77. The second-order valence-corrected chi connectivity index (χ2v) is 5.90. The second kappa shape index (κ2) is 6.73. The van der Waals surface area contributed by atoms with E-state index in [1.807, 2.05) is 0 Å². The zero-order valence-electron chi connectivity index (χ0n) is 12.3. The summed E-state index contributed by atoms with van der Waals surface area (Å²) in [6.45, 7) is 5.88. The van der Waals surface area contributed by atoms with Crippen LogP contribution in [0.15, 0.2) is 11.8 Å². The lowest BCUT2D eigenvalue weighted by Crippen LogP contribution is -2.58. The fourth-order valence-electron chi connectivity index (χ4n) is 3.58. The molecule has 0 spiro atoms. The number of nitrogens with one attached hydrogen (secondary N) is 1. The number of hydrogen-bond donors (Lipinski definition) is 2. The molecule has 1 aliphatic carbocycles. The largest absolute Gasteiger partial charge is 0.496 e. The summed E-state index contributed by atoms with van der Waals surface area (Å²) in [5, 5.41) is 0. The van der Waals surface area contributed by atoms with Crippen molar-refractivity contribution < 1.29 is 9.47 Å². The van der Waals surface area contributed by atoms with Gasteiger partial charge in [0, 0.05) is 6.61 Å². The lowest BCUT2D eigenvalue weighted by atomic mass is 9.74. The maximum atomic E-state index is 6.18. The third kappa shape index (κ3) is 3.30. The molecule has 2 rings (SSSR count). The molecular weight excluding hydrogens is 240 g/mol. The highest BCUT2D eigenvalue weighted by molar-refractivity contribution is 5.14. The van der Waals surface area contributed by atoms with E-state index in [1.54, 1.807) is 0 Å². The van der Waals surface area contributed by atoms with Crippen LogP contribution in [0.5, 0.6) is 0 Å². The van der Waals surface area contributed by atoms with E-state index in [0.717, 1.165) is 44.7 Å². The number of allylic oxidation sites excluding steroid dienone is 1. The smallest absolute Gasteiger partial charge is 0.113 e. The Morgan fingerprint density at radius 2 is 2.42 bits per heavy atom. The SMILES string of the molecule is CCOC1(C(NN)C2=CCCCO2)CCCC(C)C1. The van der Waals surface area contributed by atoms with Gasteiger partial charge in [0.25, 0.3) is 0 Å². The van der Waals surface area contributed by atoms with Crippen LogP contribution in [0, 0.1) is 5.92 Å². The zero-order valence-corrected chi connectivity index (χ0v) is 12.3. The standard InChI is InChI=1S/C15H28N2O2/c1-3-19-15(9-6-7-12(2)11-15)14(17-16)13-8-4-5-10-18-13/h8,12,14,17H,3-7,9-11,16H2,1-2H3. The van der Waals surface area contributed by atoms with E-state index in [4.69, 9.17) is 15.3 Å². The fraction of sp³-hybridized carbons (Fsp3) is 0.867. The minimum Gasteiger partial charge on any atom is -0.496 e. The average molecular weight is 268 g/mol. The molecule has 0 aromatic heterocycles. The highest BCUT2D eigenvalue weighted by Gasteiger charge is 2.45. The third-order valence-electron chi connectivity index (χ3n) is 4.36. The van der Waals surface area contributed by atoms with Crippen LogP contribution in [-0.2, 0) is 9.47 Å². The van der Waals surface area contributed by atoms with Crippen molar-refractivity contribution in [3.05, 3.63) is 11.8 Å².